The number of rotatable bonds is 6. The van der Waals surface area contributed by atoms with Gasteiger partial charge < -0.3 is 14.4 Å². The zero-order valence-electron chi connectivity index (χ0n) is 19.4. The molecule has 2 heterocycles. The van der Waals surface area contributed by atoms with E-state index in [0.717, 1.165) is 57.2 Å². The summed E-state index contributed by atoms with van der Waals surface area (Å²) in [5, 5.41) is 12.4. The maximum atomic E-state index is 12.0. The summed E-state index contributed by atoms with van der Waals surface area (Å²) in [5.41, 5.74) is 4.32. The van der Waals surface area contributed by atoms with Crippen LogP contribution in [0.25, 0.3) is 11.3 Å². The molecule has 0 amide bonds. The van der Waals surface area contributed by atoms with Gasteiger partial charge in [0.2, 0.25) is 0 Å². The van der Waals surface area contributed by atoms with E-state index in [1.807, 2.05) is 36.6 Å². The molecular formula is C26H26BrN3O3S. The van der Waals surface area contributed by atoms with E-state index in [9.17, 15) is 10.1 Å². The fourth-order valence-corrected chi connectivity index (χ4v) is 5.48. The van der Waals surface area contributed by atoms with Crippen LogP contribution in [0.3, 0.4) is 0 Å². The summed E-state index contributed by atoms with van der Waals surface area (Å²) >= 11 is 5.01. The molecule has 8 heteroatoms. The number of carbonyl (C=O) groups excluding carboxylic acids is 1. The van der Waals surface area contributed by atoms with Gasteiger partial charge in [-0.1, -0.05) is 40.5 Å². The quantitative estimate of drug-likeness (QED) is 0.359. The number of esters is 1. The number of halogens is 1. The largest absolute Gasteiger partial charge is 0.488 e. The molecule has 3 aromatic rings. The second kappa shape index (κ2) is 10.6. The number of hydrogen-bond donors (Lipinski definition) is 0. The first kappa shape index (κ1) is 24.2. The first-order valence-electron chi connectivity index (χ1n) is 11.1. The molecule has 1 aliphatic heterocycles. The van der Waals surface area contributed by atoms with Crippen LogP contribution in [-0.2, 0) is 16.1 Å². The third kappa shape index (κ3) is 5.26. The van der Waals surface area contributed by atoms with Crippen LogP contribution in [0.5, 0.6) is 5.75 Å². The van der Waals surface area contributed by atoms with Gasteiger partial charge in [-0.3, -0.25) is 4.79 Å². The van der Waals surface area contributed by atoms with Crippen molar-refractivity contribution in [2.24, 2.45) is 11.8 Å². The Morgan fingerprint density at radius 3 is 2.88 bits per heavy atom. The summed E-state index contributed by atoms with van der Waals surface area (Å²) in [5.74, 6) is 0.743. The lowest BCUT2D eigenvalue weighted by molar-refractivity contribution is -0.147. The monoisotopic (exact) mass is 539 g/mol. The van der Waals surface area contributed by atoms with Crippen molar-refractivity contribution in [1.82, 2.24) is 4.98 Å². The minimum absolute atomic E-state index is 0.0608. The number of carbonyl (C=O) groups is 1. The van der Waals surface area contributed by atoms with Crippen molar-refractivity contribution in [2.45, 2.75) is 26.9 Å². The molecule has 1 fully saturated rings. The number of methoxy groups -OCH3 is 1. The topological polar surface area (TPSA) is 75.4 Å². The summed E-state index contributed by atoms with van der Waals surface area (Å²) in [6.07, 6.45) is 0.760. The fourth-order valence-electron chi connectivity index (χ4n) is 4.26. The Hall–Kier alpha value is -2.89. The number of piperidine rings is 1. The molecule has 2 aromatic carbocycles. The van der Waals surface area contributed by atoms with E-state index in [1.54, 1.807) is 17.4 Å². The van der Waals surface area contributed by atoms with Crippen LogP contribution in [0.1, 0.15) is 30.0 Å². The highest BCUT2D eigenvalue weighted by Crippen LogP contribution is 2.36. The number of aryl methyl sites for hydroxylation is 1. The summed E-state index contributed by atoms with van der Waals surface area (Å²) in [4.78, 5) is 19.2. The minimum Gasteiger partial charge on any atom is -0.488 e. The lowest BCUT2D eigenvalue weighted by atomic mass is 9.87. The van der Waals surface area contributed by atoms with Gasteiger partial charge in [0.25, 0.3) is 0 Å². The molecule has 1 aliphatic rings. The molecule has 0 radical (unpaired) electrons. The Kier molecular flexibility index (Phi) is 7.54. The number of benzene rings is 2. The number of thiazole rings is 1. The van der Waals surface area contributed by atoms with Gasteiger partial charge in [-0.05, 0) is 43.5 Å². The van der Waals surface area contributed by atoms with E-state index in [0.29, 0.717) is 12.2 Å². The molecular weight excluding hydrogens is 514 g/mol. The standard InChI is InChI=1S/C26H26BrN3O3S/c1-16-4-7-24(33-14-18-5-6-20(27)11-19(18)12-28)22(10-16)23-15-34-26(29-23)30-9-8-21(17(2)13-30)25(31)32-3/h4-7,10-11,15,17,21H,8-9,13-14H2,1-3H3. The van der Waals surface area contributed by atoms with E-state index >= 15 is 0 Å². The third-order valence-corrected chi connectivity index (χ3v) is 7.55. The highest BCUT2D eigenvalue weighted by atomic mass is 79.9. The lowest BCUT2D eigenvalue weighted by Crippen LogP contribution is -2.42. The highest BCUT2D eigenvalue weighted by Gasteiger charge is 2.33. The maximum Gasteiger partial charge on any atom is 0.309 e. The van der Waals surface area contributed by atoms with Gasteiger partial charge >= 0.3 is 5.97 Å². The Labute approximate surface area is 212 Å². The molecule has 6 nitrogen and oxygen atoms in total. The molecule has 34 heavy (non-hydrogen) atoms. The summed E-state index contributed by atoms with van der Waals surface area (Å²) in [6.45, 7) is 5.97. The normalized spacial score (nSPS) is 17.8. The van der Waals surface area contributed by atoms with Crippen molar-refractivity contribution < 1.29 is 14.3 Å². The Bertz CT molecular complexity index is 1240. The second-order valence-corrected chi connectivity index (χ2v) is 10.3. The van der Waals surface area contributed by atoms with E-state index in [4.69, 9.17) is 14.5 Å². The van der Waals surface area contributed by atoms with Crippen LogP contribution in [-0.4, -0.2) is 31.2 Å². The Balaban J connectivity index is 1.53. The van der Waals surface area contributed by atoms with E-state index in [-0.39, 0.29) is 17.8 Å². The SMILES string of the molecule is COC(=O)C1CCN(c2nc(-c3cc(C)ccc3OCc3ccc(Br)cc3C#N)cs2)CC1C. The molecule has 1 saturated heterocycles. The molecule has 2 unspecified atom stereocenters. The van der Waals surface area contributed by atoms with E-state index < -0.39 is 0 Å². The molecule has 0 aliphatic carbocycles. The fraction of sp³-hybridized carbons (Fsp3) is 0.346. The van der Waals surface area contributed by atoms with Crippen molar-refractivity contribution >= 4 is 38.4 Å². The smallest absolute Gasteiger partial charge is 0.309 e. The number of nitrogens with zero attached hydrogens (tertiary/aromatic N) is 3. The zero-order valence-corrected chi connectivity index (χ0v) is 21.8. The number of ether oxygens (including phenoxy) is 2. The first-order chi connectivity index (χ1) is 16.4. The van der Waals surface area contributed by atoms with Gasteiger partial charge in [-0.15, -0.1) is 11.3 Å². The molecule has 0 saturated carbocycles. The Morgan fingerprint density at radius 1 is 1.32 bits per heavy atom. The van der Waals surface area contributed by atoms with E-state index in [1.165, 1.54) is 7.11 Å². The average Bonchev–Trinajstić information content (AvgIpc) is 3.33. The average molecular weight is 540 g/mol. The van der Waals surface area contributed by atoms with Gasteiger partial charge in [0.05, 0.1) is 30.4 Å². The van der Waals surface area contributed by atoms with Crippen LogP contribution in [0.2, 0.25) is 0 Å². The third-order valence-electron chi connectivity index (χ3n) is 6.16. The van der Waals surface area contributed by atoms with Crippen LogP contribution in [0, 0.1) is 30.1 Å². The Morgan fingerprint density at radius 2 is 2.15 bits per heavy atom. The van der Waals surface area contributed by atoms with Gasteiger partial charge in [-0.25, -0.2) is 4.98 Å². The van der Waals surface area contributed by atoms with Gasteiger partial charge in [0, 0.05) is 34.1 Å². The highest BCUT2D eigenvalue weighted by molar-refractivity contribution is 9.10. The van der Waals surface area contributed by atoms with Gasteiger partial charge in [0.15, 0.2) is 5.13 Å². The number of hydrogen-bond acceptors (Lipinski definition) is 7. The summed E-state index contributed by atoms with van der Waals surface area (Å²) in [6, 6.07) is 13.9. The molecule has 0 bridgehead atoms. The lowest BCUT2D eigenvalue weighted by Gasteiger charge is -2.35. The summed E-state index contributed by atoms with van der Waals surface area (Å²) in [7, 11) is 1.45. The van der Waals surface area contributed by atoms with Gasteiger partial charge in [-0.2, -0.15) is 5.26 Å². The molecule has 2 atom stereocenters. The second-order valence-electron chi connectivity index (χ2n) is 8.56. The number of aromatic nitrogens is 1. The molecule has 0 N–H and O–H groups in total. The maximum absolute atomic E-state index is 12.0. The van der Waals surface area contributed by atoms with Crippen molar-refractivity contribution in [3.05, 3.63) is 62.9 Å². The zero-order chi connectivity index (χ0) is 24.2. The molecule has 176 valence electrons. The molecule has 0 spiro atoms. The molecule has 1 aromatic heterocycles. The number of anilines is 1. The van der Waals surface area contributed by atoms with Crippen LogP contribution in [0.4, 0.5) is 5.13 Å². The number of nitriles is 1. The van der Waals surface area contributed by atoms with Crippen molar-refractivity contribution in [2.75, 3.05) is 25.1 Å². The van der Waals surface area contributed by atoms with E-state index in [2.05, 4.69) is 39.9 Å². The predicted octanol–water partition coefficient (Wildman–Crippen LogP) is 5.97. The van der Waals surface area contributed by atoms with Crippen LogP contribution in [0.15, 0.2) is 46.3 Å². The minimum atomic E-state index is -0.126. The van der Waals surface area contributed by atoms with Crippen molar-refractivity contribution in [3.63, 3.8) is 0 Å². The van der Waals surface area contributed by atoms with Crippen molar-refractivity contribution in [1.29, 1.82) is 5.26 Å². The molecule has 4 rings (SSSR count). The van der Waals surface area contributed by atoms with Crippen LogP contribution < -0.4 is 9.64 Å². The van der Waals surface area contributed by atoms with Crippen LogP contribution >= 0.6 is 27.3 Å². The van der Waals surface area contributed by atoms with Crippen molar-refractivity contribution in [3.8, 4) is 23.1 Å². The summed E-state index contributed by atoms with van der Waals surface area (Å²) < 4.78 is 12.0. The van der Waals surface area contributed by atoms with Gasteiger partial charge in [0.1, 0.15) is 12.4 Å². The first-order valence-corrected chi connectivity index (χ1v) is 12.8. The predicted molar refractivity (Wildman–Crippen MR) is 137 cm³/mol.